The molecular formula is C17H19N3O3. The van der Waals surface area contributed by atoms with Crippen LogP contribution in [0, 0.1) is 5.92 Å². The van der Waals surface area contributed by atoms with E-state index in [0.29, 0.717) is 11.3 Å². The van der Waals surface area contributed by atoms with Gasteiger partial charge in [0, 0.05) is 5.56 Å². The Kier molecular flexibility index (Phi) is 5.68. The van der Waals surface area contributed by atoms with Crippen LogP contribution in [0.3, 0.4) is 0 Å². The summed E-state index contributed by atoms with van der Waals surface area (Å²) in [5.74, 6) is -0.234. The number of carbonyl (C=O) groups excluding carboxylic acids is 2. The molecule has 0 spiro atoms. The van der Waals surface area contributed by atoms with Gasteiger partial charge >= 0.3 is 0 Å². The van der Waals surface area contributed by atoms with Crippen LogP contribution in [0.15, 0.2) is 58.2 Å². The van der Waals surface area contributed by atoms with Crippen LogP contribution in [0.2, 0.25) is 0 Å². The van der Waals surface area contributed by atoms with Crippen molar-refractivity contribution in [3.63, 3.8) is 0 Å². The van der Waals surface area contributed by atoms with Crippen LogP contribution < -0.4 is 10.7 Å². The molecule has 0 radical (unpaired) electrons. The molecule has 0 saturated carbocycles. The molecule has 2 rings (SSSR count). The Bertz CT molecular complexity index is 664. The number of rotatable bonds is 6. The summed E-state index contributed by atoms with van der Waals surface area (Å²) in [6.45, 7) is 3.71. The van der Waals surface area contributed by atoms with Crippen LogP contribution in [0.25, 0.3) is 0 Å². The molecule has 2 N–H and O–H groups in total. The molecule has 2 aromatic rings. The van der Waals surface area contributed by atoms with Gasteiger partial charge in [-0.05, 0) is 30.2 Å². The van der Waals surface area contributed by atoms with E-state index in [1.54, 1.807) is 36.4 Å². The molecule has 0 aliphatic heterocycles. The van der Waals surface area contributed by atoms with Gasteiger partial charge in [0.1, 0.15) is 11.8 Å². The zero-order chi connectivity index (χ0) is 16.7. The third-order valence-electron chi connectivity index (χ3n) is 3.18. The fourth-order valence-corrected chi connectivity index (χ4v) is 1.94. The van der Waals surface area contributed by atoms with Gasteiger partial charge in [0.05, 0.1) is 12.5 Å². The van der Waals surface area contributed by atoms with Gasteiger partial charge in [-0.3, -0.25) is 9.59 Å². The minimum absolute atomic E-state index is 0.0820. The summed E-state index contributed by atoms with van der Waals surface area (Å²) in [5.41, 5.74) is 2.92. The maximum atomic E-state index is 12.2. The fraction of sp³-hybridized carbons (Fsp3) is 0.235. The van der Waals surface area contributed by atoms with Crippen molar-refractivity contribution in [2.24, 2.45) is 11.0 Å². The normalized spacial score (nSPS) is 12.3. The second-order valence-corrected chi connectivity index (χ2v) is 5.31. The lowest BCUT2D eigenvalue weighted by Crippen LogP contribution is -2.48. The van der Waals surface area contributed by atoms with Crippen LogP contribution in [-0.4, -0.2) is 24.1 Å². The molecule has 1 aromatic heterocycles. The molecule has 1 aromatic carbocycles. The average Bonchev–Trinajstić information content (AvgIpc) is 3.06. The number of furan rings is 1. The van der Waals surface area contributed by atoms with E-state index >= 15 is 0 Å². The Morgan fingerprint density at radius 1 is 1.13 bits per heavy atom. The monoisotopic (exact) mass is 313 g/mol. The van der Waals surface area contributed by atoms with Crippen molar-refractivity contribution < 1.29 is 14.0 Å². The van der Waals surface area contributed by atoms with E-state index in [1.165, 1.54) is 12.5 Å². The Morgan fingerprint density at radius 2 is 1.87 bits per heavy atom. The van der Waals surface area contributed by atoms with E-state index in [0.717, 1.165) is 0 Å². The maximum Gasteiger partial charge on any atom is 0.262 e. The Hall–Kier alpha value is -2.89. The highest BCUT2D eigenvalue weighted by Gasteiger charge is 2.24. The zero-order valence-electron chi connectivity index (χ0n) is 13.0. The van der Waals surface area contributed by atoms with Crippen LogP contribution in [0.4, 0.5) is 0 Å². The molecule has 0 aliphatic carbocycles. The molecule has 6 nitrogen and oxygen atoms in total. The predicted octanol–water partition coefficient (Wildman–Crippen LogP) is 2.18. The summed E-state index contributed by atoms with van der Waals surface area (Å²) in [4.78, 5) is 24.4. The lowest BCUT2D eigenvalue weighted by atomic mass is 10.0. The highest BCUT2D eigenvalue weighted by atomic mass is 16.3. The van der Waals surface area contributed by atoms with Gasteiger partial charge in [-0.25, -0.2) is 5.43 Å². The molecule has 2 amide bonds. The van der Waals surface area contributed by atoms with E-state index in [-0.39, 0.29) is 17.7 Å². The molecule has 1 unspecified atom stereocenters. The van der Waals surface area contributed by atoms with E-state index < -0.39 is 6.04 Å². The van der Waals surface area contributed by atoms with Gasteiger partial charge in [0.25, 0.3) is 11.8 Å². The number of amides is 2. The first kappa shape index (κ1) is 16.5. The summed E-state index contributed by atoms with van der Waals surface area (Å²) < 4.78 is 5.08. The van der Waals surface area contributed by atoms with Gasteiger partial charge in [-0.15, -0.1) is 0 Å². The Morgan fingerprint density at radius 3 is 2.48 bits per heavy atom. The Balaban J connectivity index is 1.97. The molecule has 6 heteroatoms. The Labute approximate surface area is 134 Å². The minimum atomic E-state index is -0.684. The van der Waals surface area contributed by atoms with Gasteiger partial charge in [0.15, 0.2) is 0 Å². The number of nitrogens with zero attached hydrogens (tertiary/aromatic N) is 1. The van der Waals surface area contributed by atoms with Crippen molar-refractivity contribution in [1.29, 1.82) is 0 Å². The van der Waals surface area contributed by atoms with Crippen molar-refractivity contribution in [3.05, 3.63) is 60.1 Å². The SMILES string of the molecule is CC(C)C(NC(=O)c1ccccc1)C(=O)N/N=C/c1ccco1. The number of hydrogen-bond donors (Lipinski definition) is 2. The highest BCUT2D eigenvalue weighted by molar-refractivity contribution is 5.97. The number of carbonyl (C=O) groups is 2. The van der Waals surface area contributed by atoms with Gasteiger partial charge in [-0.1, -0.05) is 32.0 Å². The molecule has 0 aliphatic rings. The standard InChI is InChI=1S/C17H19N3O3/c1-12(2)15(19-16(21)13-7-4-3-5-8-13)17(22)20-18-11-14-9-6-10-23-14/h3-12,15H,1-2H3,(H,19,21)(H,20,22)/b18-11+. The van der Waals surface area contributed by atoms with E-state index in [1.807, 2.05) is 19.9 Å². The van der Waals surface area contributed by atoms with E-state index in [9.17, 15) is 9.59 Å². The second kappa shape index (κ2) is 7.93. The van der Waals surface area contributed by atoms with Crippen molar-refractivity contribution in [3.8, 4) is 0 Å². The van der Waals surface area contributed by atoms with E-state index in [2.05, 4.69) is 15.8 Å². The number of benzene rings is 1. The van der Waals surface area contributed by atoms with Crippen molar-refractivity contribution in [2.75, 3.05) is 0 Å². The second-order valence-electron chi connectivity index (χ2n) is 5.31. The number of hydrazone groups is 1. The number of hydrogen-bond acceptors (Lipinski definition) is 4. The first-order valence-electron chi connectivity index (χ1n) is 7.30. The zero-order valence-corrected chi connectivity index (χ0v) is 13.0. The summed E-state index contributed by atoms with van der Waals surface area (Å²) in [6, 6.07) is 11.5. The third kappa shape index (κ3) is 4.81. The molecule has 120 valence electrons. The first-order chi connectivity index (χ1) is 11.1. The lowest BCUT2D eigenvalue weighted by Gasteiger charge is -2.20. The van der Waals surface area contributed by atoms with Crippen molar-refractivity contribution >= 4 is 18.0 Å². The topological polar surface area (TPSA) is 83.7 Å². The van der Waals surface area contributed by atoms with Gasteiger partial charge in [-0.2, -0.15) is 5.10 Å². The largest absolute Gasteiger partial charge is 0.463 e. The first-order valence-corrected chi connectivity index (χ1v) is 7.30. The van der Waals surface area contributed by atoms with Gasteiger partial charge in [0.2, 0.25) is 0 Å². The summed E-state index contributed by atoms with van der Waals surface area (Å²) >= 11 is 0. The molecule has 1 heterocycles. The van der Waals surface area contributed by atoms with Crippen molar-refractivity contribution in [1.82, 2.24) is 10.7 Å². The minimum Gasteiger partial charge on any atom is -0.463 e. The van der Waals surface area contributed by atoms with Crippen molar-refractivity contribution in [2.45, 2.75) is 19.9 Å². The fourth-order valence-electron chi connectivity index (χ4n) is 1.94. The van der Waals surface area contributed by atoms with Crippen LogP contribution >= 0.6 is 0 Å². The molecule has 1 atom stereocenters. The quantitative estimate of drug-likeness (QED) is 0.633. The number of nitrogens with one attached hydrogen (secondary N) is 2. The third-order valence-corrected chi connectivity index (χ3v) is 3.18. The lowest BCUT2D eigenvalue weighted by molar-refractivity contribution is -0.123. The molecule has 0 bridgehead atoms. The maximum absolute atomic E-state index is 12.2. The average molecular weight is 313 g/mol. The van der Waals surface area contributed by atoms with Crippen LogP contribution in [0.5, 0.6) is 0 Å². The molecule has 0 fully saturated rings. The van der Waals surface area contributed by atoms with Gasteiger partial charge < -0.3 is 9.73 Å². The van der Waals surface area contributed by atoms with E-state index in [4.69, 9.17) is 4.42 Å². The molecule has 0 saturated heterocycles. The summed E-state index contributed by atoms with van der Waals surface area (Å²) in [5, 5.41) is 6.56. The molecule has 23 heavy (non-hydrogen) atoms. The summed E-state index contributed by atoms with van der Waals surface area (Å²) in [6.07, 6.45) is 2.91. The highest BCUT2D eigenvalue weighted by Crippen LogP contribution is 2.05. The summed E-state index contributed by atoms with van der Waals surface area (Å²) in [7, 11) is 0. The molecular weight excluding hydrogens is 294 g/mol. The van der Waals surface area contributed by atoms with Crippen LogP contribution in [0.1, 0.15) is 30.0 Å². The smallest absolute Gasteiger partial charge is 0.262 e. The predicted molar refractivity (Wildman–Crippen MR) is 87.0 cm³/mol. The van der Waals surface area contributed by atoms with Crippen LogP contribution in [-0.2, 0) is 4.79 Å².